The third-order valence-electron chi connectivity index (χ3n) is 4.23. The van der Waals surface area contributed by atoms with Gasteiger partial charge in [-0.05, 0) is 18.9 Å². The van der Waals surface area contributed by atoms with Crippen LogP contribution in [0.15, 0.2) is 24.4 Å². The van der Waals surface area contributed by atoms with E-state index < -0.39 is 5.79 Å². The van der Waals surface area contributed by atoms with Crippen molar-refractivity contribution in [2.45, 2.75) is 26.1 Å². The Kier molecular flexibility index (Phi) is 4.37. The molecule has 1 fully saturated rings. The van der Waals surface area contributed by atoms with Crippen LogP contribution in [0.25, 0.3) is 10.9 Å². The van der Waals surface area contributed by atoms with Crippen LogP contribution in [-0.2, 0) is 16.5 Å². The van der Waals surface area contributed by atoms with Gasteiger partial charge in [-0.3, -0.25) is 9.48 Å². The van der Waals surface area contributed by atoms with Crippen molar-refractivity contribution in [2.75, 3.05) is 19.8 Å². The van der Waals surface area contributed by atoms with Crippen molar-refractivity contribution in [1.29, 1.82) is 0 Å². The third-order valence-corrected chi connectivity index (χ3v) is 4.23. The van der Waals surface area contributed by atoms with E-state index in [1.54, 1.807) is 10.9 Å². The molecule has 3 rings (SSSR count). The smallest absolute Gasteiger partial charge is 0.253 e. The molecule has 1 saturated heterocycles. The number of rotatable bonds is 5. The number of nitrogens with one attached hydrogen (secondary N) is 1. The summed E-state index contributed by atoms with van der Waals surface area (Å²) >= 11 is 0. The number of amides is 1. The fourth-order valence-electron chi connectivity index (χ4n) is 3.16. The topological polar surface area (TPSA) is 65.4 Å². The summed E-state index contributed by atoms with van der Waals surface area (Å²) in [6.07, 6.45) is 2.52. The predicted molar refractivity (Wildman–Crippen MR) is 87.1 cm³/mol. The molecule has 1 aliphatic rings. The van der Waals surface area contributed by atoms with E-state index in [-0.39, 0.29) is 11.8 Å². The second-order valence-electron chi connectivity index (χ2n) is 6.36. The lowest BCUT2D eigenvalue weighted by Gasteiger charge is -2.26. The summed E-state index contributed by atoms with van der Waals surface area (Å²) in [5.74, 6) is -0.344. The number of hydrogen-bond acceptors (Lipinski definition) is 4. The zero-order chi connectivity index (χ0) is 16.4. The van der Waals surface area contributed by atoms with Crippen molar-refractivity contribution in [3.8, 4) is 0 Å². The Morgan fingerprint density at radius 1 is 1.43 bits per heavy atom. The number of para-hydroxylation sites is 1. The minimum atomic E-state index is -0.522. The molecule has 1 aromatic heterocycles. The molecule has 1 aliphatic heterocycles. The highest BCUT2D eigenvalue weighted by atomic mass is 16.7. The van der Waals surface area contributed by atoms with E-state index in [1.165, 1.54) is 0 Å². The van der Waals surface area contributed by atoms with Gasteiger partial charge >= 0.3 is 0 Å². The fraction of sp³-hybridized carbons (Fsp3) is 0.529. The number of nitrogens with zero attached hydrogens (tertiary/aromatic N) is 2. The number of hydrogen-bond donors (Lipinski definition) is 1. The highest BCUT2D eigenvalue weighted by Crippen LogP contribution is 2.26. The molecule has 23 heavy (non-hydrogen) atoms. The molecule has 1 atom stereocenters. The van der Waals surface area contributed by atoms with E-state index in [0.717, 1.165) is 17.3 Å². The van der Waals surface area contributed by atoms with Gasteiger partial charge in [0.15, 0.2) is 5.79 Å². The Morgan fingerprint density at radius 2 is 2.17 bits per heavy atom. The molecule has 6 nitrogen and oxygen atoms in total. The number of aromatic nitrogens is 2. The molecular formula is C17H23N3O3. The van der Waals surface area contributed by atoms with Crippen LogP contribution in [0.2, 0.25) is 0 Å². The average molecular weight is 317 g/mol. The zero-order valence-electron chi connectivity index (χ0n) is 13.8. The maximum absolute atomic E-state index is 12.5. The second-order valence-corrected chi connectivity index (χ2v) is 6.36. The normalized spacial score (nSPS) is 18.2. The molecule has 124 valence electrons. The van der Waals surface area contributed by atoms with Gasteiger partial charge in [0.25, 0.3) is 5.91 Å². The zero-order valence-corrected chi connectivity index (χ0v) is 13.8. The standard InChI is InChI=1S/C17H23N3O3/c1-12(9-17(2)22-7-8-23-17)10-18-16(21)14-6-4-5-13-11-19-20(3)15(13)14/h4-6,11-12H,7-10H2,1-3H3,(H,18,21). The van der Waals surface area contributed by atoms with Crippen LogP contribution in [0.1, 0.15) is 30.6 Å². The van der Waals surface area contributed by atoms with Gasteiger partial charge in [-0.15, -0.1) is 0 Å². The maximum atomic E-state index is 12.5. The first kappa shape index (κ1) is 16.0. The van der Waals surface area contributed by atoms with Crippen LogP contribution in [0.3, 0.4) is 0 Å². The summed E-state index contributed by atoms with van der Waals surface area (Å²) in [6, 6.07) is 5.66. The van der Waals surface area contributed by atoms with Crippen molar-refractivity contribution >= 4 is 16.8 Å². The van der Waals surface area contributed by atoms with E-state index >= 15 is 0 Å². The largest absolute Gasteiger partial charge is 0.352 e. The molecule has 0 aliphatic carbocycles. The Labute approximate surface area is 135 Å². The summed E-state index contributed by atoms with van der Waals surface area (Å²) in [6.45, 7) is 5.89. The average Bonchev–Trinajstić information content (AvgIpc) is 3.11. The van der Waals surface area contributed by atoms with Crippen LogP contribution < -0.4 is 5.32 Å². The van der Waals surface area contributed by atoms with Crippen molar-refractivity contribution in [3.05, 3.63) is 30.0 Å². The van der Waals surface area contributed by atoms with Gasteiger partial charge in [0.1, 0.15) is 0 Å². The number of carbonyl (C=O) groups is 1. The Balaban J connectivity index is 1.63. The molecule has 1 amide bonds. The lowest BCUT2D eigenvalue weighted by atomic mass is 10.0. The Morgan fingerprint density at radius 3 is 2.91 bits per heavy atom. The van der Waals surface area contributed by atoms with E-state index in [1.807, 2.05) is 32.2 Å². The van der Waals surface area contributed by atoms with Gasteiger partial charge < -0.3 is 14.8 Å². The van der Waals surface area contributed by atoms with Gasteiger partial charge in [-0.1, -0.05) is 19.1 Å². The first-order valence-electron chi connectivity index (χ1n) is 7.95. The molecule has 6 heteroatoms. The molecule has 2 heterocycles. The molecular weight excluding hydrogens is 294 g/mol. The summed E-state index contributed by atoms with van der Waals surface area (Å²) in [5.41, 5.74) is 1.50. The van der Waals surface area contributed by atoms with E-state index in [0.29, 0.717) is 25.3 Å². The van der Waals surface area contributed by atoms with Gasteiger partial charge in [-0.2, -0.15) is 5.10 Å². The van der Waals surface area contributed by atoms with Gasteiger partial charge in [0.2, 0.25) is 0 Å². The number of aryl methyl sites for hydroxylation is 1. The first-order valence-corrected chi connectivity index (χ1v) is 7.95. The summed E-state index contributed by atoms with van der Waals surface area (Å²) in [5, 5.41) is 8.19. The van der Waals surface area contributed by atoms with Gasteiger partial charge in [0.05, 0.1) is 30.5 Å². The van der Waals surface area contributed by atoms with Crippen LogP contribution in [0.5, 0.6) is 0 Å². The highest BCUT2D eigenvalue weighted by Gasteiger charge is 2.32. The number of benzene rings is 1. The minimum absolute atomic E-state index is 0.0792. The van der Waals surface area contributed by atoms with Crippen molar-refractivity contribution in [3.63, 3.8) is 0 Å². The molecule has 0 spiro atoms. The van der Waals surface area contributed by atoms with E-state index in [2.05, 4.69) is 17.3 Å². The van der Waals surface area contributed by atoms with Crippen LogP contribution in [0.4, 0.5) is 0 Å². The predicted octanol–water partition coefficient (Wildman–Crippen LogP) is 2.09. The minimum Gasteiger partial charge on any atom is -0.352 e. The van der Waals surface area contributed by atoms with Crippen molar-refractivity contribution < 1.29 is 14.3 Å². The highest BCUT2D eigenvalue weighted by molar-refractivity contribution is 6.05. The number of carbonyl (C=O) groups excluding carboxylic acids is 1. The fourth-order valence-corrected chi connectivity index (χ4v) is 3.16. The van der Waals surface area contributed by atoms with Crippen molar-refractivity contribution in [1.82, 2.24) is 15.1 Å². The first-order chi connectivity index (χ1) is 11.0. The van der Waals surface area contributed by atoms with Gasteiger partial charge in [-0.25, -0.2) is 0 Å². The molecule has 0 saturated carbocycles. The quantitative estimate of drug-likeness (QED) is 0.917. The number of fused-ring (bicyclic) bond motifs is 1. The lowest BCUT2D eigenvalue weighted by Crippen LogP contribution is -2.34. The third kappa shape index (κ3) is 3.38. The van der Waals surface area contributed by atoms with Crippen molar-refractivity contribution in [2.24, 2.45) is 13.0 Å². The van der Waals surface area contributed by atoms with E-state index in [9.17, 15) is 4.79 Å². The molecule has 0 radical (unpaired) electrons. The van der Waals surface area contributed by atoms with Crippen LogP contribution in [0, 0.1) is 5.92 Å². The molecule has 1 N–H and O–H groups in total. The summed E-state index contributed by atoms with van der Waals surface area (Å²) in [4.78, 5) is 12.5. The number of ether oxygens (including phenoxy) is 2. The Bertz CT molecular complexity index is 704. The molecule has 1 aromatic carbocycles. The van der Waals surface area contributed by atoms with E-state index in [4.69, 9.17) is 9.47 Å². The van der Waals surface area contributed by atoms with Gasteiger partial charge in [0, 0.05) is 25.4 Å². The lowest BCUT2D eigenvalue weighted by molar-refractivity contribution is -0.153. The maximum Gasteiger partial charge on any atom is 0.253 e. The molecule has 1 unspecified atom stereocenters. The SMILES string of the molecule is CC(CNC(=O)c1cccc2cnn(C)c12)CC1(C)OCCO1. The van der Waals surface area contributed by atoms with Crippen LogP contribution in [-0.4, -0.2) is 41.2 Å². The monoisotopic (exact) mass is 317 g/mol. The summed E-state index contributed by atoms with van der Waals surface area (Å²) < 4.78 is 13.0. The molecule has 2 aromatic rings. The van der Waals surface area contributed by atoms with Crippen LogP contribution >= 0.6 is 0 Å². The molecule has 0 bridgehead atoms. The second kappa shape index (κ2) is 6.29. The Hall–Kier alpha value is -1.92. The summed E-state index contributed by atoms with van der Waals surface area (Å²) in [7, 11) is 1.84.